The van der Waals surface area contributed by atoms with E-state index in [9.17, 15) is 4.79 Å². The summed E-state index contributed by atoms with van der Waals surface area (Å²) in [5.41, 5.74) is 2.35. The van der Waals surface area contributed by atoms with E-state index in [4.69, 9.17) is 0 Å². The third-order valence-electron chi connectivity index (χ3n) is 1.74. The molecule has 0 bridgehead atoms. The second kappa shape index (κ2) is 7.31. The number of carbonyl (C=O) groups is 1. The van der Waals surface area contributed by atoms with Crippen molar-refractivity contribution in [1.82, 2.24) is 0 Å². The molecule has 0 amide bonds. The standard InChI is InChI=1S/C13H20O/c1-11(2)7-5-9-13(14)10-6-8-12(3)4/h6,8,10H,1,5,7,9H2,2-4H3. The van der Waals surface area contributed by atoms with Gasteiger partial charge in [0.1, 0.15) is 0 Å². The van der Waals surface area contributed by atoms with Gasteiger partial charge < -0.3 is 0 Å². The number of allylic oxidation sites excluding steroid dienone is 5. The Kier molecular flexibility index (Phi) is 6.73. The molecule has 0 spiro atoms. The molecule has 14 heavy (non-hydrogen) atoms. The van der Waals surface area contributed by atoms with Crippen molar-refractivity contribution in [3.05, 3.63) is 36.0 Å². The van der Waals surface area contributed by atoms with Crippen molar-refractivity contribution in [3.8, 4) is 0 Å². The van der Waals surface area contributed by atoms with Crippen LogP contribution in [0, 0.1) is 0 Å². The summed E-state index contributed by atoms with van der Waals surface area (Å²) in [6.45, 7) is 9.81. The van der Waals surface area contributed by atoms with E-state index in [0.717, 1.165) is 18.4 Å². The van der Waals surface area contributed by atoms with Crippen LogP contribution in [0.1, 0.15) is 40.0 Å². The topological polar surface area (TPSA) is 17.1 Å². The lowest BCUT2D eigenvalue weighted by molar-refractivity contribution is -0.114. The van der Waals surface area contributed by atoms with Crippen LogP contribution in [0.2, 0.25) is 0 Å². The Morgan fingerprint density at radius 2 is 1.86 bits per heavy atom. The van der Waals surface area contributed by atoms with Gasteiger partial charge in [-0.15, -0.1) is 6.58 Å². The van der Waals surface area contributed by atoms with Gasteiger partial charge in [-0.25, -0.2) is 0 Å². The van der Waals surface area contributed by atoms with Crippen molar-refractivity contribution >= 4 is 5.78 Å². The van der Waals surface area contributed by atoms with Crippen LogP contribution in [0.15, 0.2) is 36.0 Å². The van der Waals surface area contributed by atoms with Crippen molar-refractivity contribution in [3.63, 3.8) is 0 Å². The van der Waals surface area contributed by atoms with Gasteiger partial charge in [-0.05, 0) is 39.7 Å². The van der Waals surface area contributed by atoms with E-state index in [1.54, 1.807) is 6.08 Å². The second-order valence-corrected chi connectivity index (χ2v) is 3.88. The van der Waals surface area contributed by atoms with E-state index in [0.29, 0.717) is 6.42 Å². The van der Waals surface area contributed by atoms with Crippen LogP contribution in [0.3, 0.4) is 0 Å². The Morgan fingerprint density at radius 1 is 1.21 bits per heavy atom. The number of carbonyl (C=O) groups excluding carboxylic acids is 1. The largest absolute Gasteiger partial charge is 0.295 e. The molecule has 0 heterocycles. The van der Waals surface area contributed by atoms with Crippen LogP contribution < -0.4 is 0 Å². The molecule has 0 radical (unpaired) electrons. The van der Waals surface area contributed by atoms with Crippen molar-refractivity contribution in [2.45, 2.75) is 40.0 Å². The van der Waals surface area contributed by atoms with Crippen LogP contribution >= 0.6 is 0 Å². The lowest BCUT2D eigenvalue weighted by Gasteiger charge is -1.96. The minimum Gasteiger partial charge on any atom is -0.295 e. The summed E-state index contributed by atoms with van der Waals surface area (Å²) in [5.74, 6) is 0.198. The highest BCUT2D eigenvalue weighted by Crippen LogP contribution is 2.04. The number of ketones is 1. The van der Waals surface area contributed by atoms with Gasteiger partial charge in [0, 0.05) is 6.42 Å². The summed E-state index contributed by atoms with van der Waals surface area (Å²) < 4.78 is 0. The molecule has 0 fully saturated rings. The Bertz CT molecular complexity index is 252. The van der Waals surface area contributed by atoms with Crippen LogP contribution in [0.4, 0.5) is 0 Å². The van der Waals surface area contributed by atoms with Gasteiger partial charge >= 0.3 is 0 Å². The molecule has 1 nitrogen and oxygen atoms in total. The Morgan fingerprint density at radius 3 is 2.36 bits per heavy atom. The quantitative estimate of drug-likeness (QED) is 0.355. The van der Waals surface area contributed by atoms with E-state index in [1.165, 1.54) is 5.57 Å². The molecule has 0 aromatic carbocycles. The molecule has 0 aliphatic rings. The summed E-state index contributed by atoms with van der Waals surface area (Å²) in [5, 5.41) is 0. The number of rotatable bonds is 6. The second-order valence-electron chi connectivity index (χ2n) is 3.88. The van der Waals surface area contributed by atoms with E-state index in [2.05, 4.69) is 6.58 Å². The molecule has 0 atom stereocenters. The Hall–Kier alpha value is -1.11. The molecule has 0 aliphatic carbocycles. The van der Waals surface area contributed by atoms with Gasteiger partial charge in [-0.1, -0.05) is 23.3 Å². The molecule has 0 unspecified atom stereocenters. The summed E-state index contributed by atoms with van der Waals surface area (Å²) in [6, 6.07) is 0. The van der Waals surface area contributed by atoms with Crippen LogP contribution in [0.5, 0.6) is 0 Å². The molecule has 0 rings (SSSR count). The molecular formula is C13H20O. The van der Waals surface area contributed by atoms with Crippen LogP contribution in [-0.4, -0.2) is 5.78 Å². The highest BCUT2D eigenvalue weighted by Gasteiger charge is 1.95. The first-order valence-corrected chi connectivity index (χ1v) is 5.01. The van der Waals surface area contributed by atoms with Crippen molar-refractivity contribution in [1.29, 1.82) is 0 Å². The van der Waals surface area contributed by atoms with Gasteiger partial charge in [0.2, 0.25) is 0 Å². The maximum Gasteiger partial charge on any atom is 0.155 e. The monoisotopic (exact) mass is 192 g/mol. The van der Waals surface area contributed by atoms with E-state index in [1.807, 2.05) is 32.9 Å². The zero-order valence-corrected chi connectivity index (χ0v) is 9.47. The maximum atomic E-state index is 11.3. The fourth-order valence-electron chi connectivity index (χ4n) is 0.996. The first-order valence-electron chi connectivity index (χ1n) is 5.01. The minimum atomic E-state index is 0.198. The Balaban J connectivity index is 3.71. The Labute approximate surface area is 87.2 Å². The fraction of sp³-hybridized carbons (Fsp3) is 0.462. The van der Waals surface area contributed by atoms with E-state index < -0.39 is 0 Å². The molecule has 0 aliphatic heterocycles. The number of hydrogen-bond acceptors (Lipinski definition) is 1. The van der Waals surface area contributed by atoms with Gasteiger partial charge in [0.25, 0.3) is 0 Å². The van der Waals surface area contributed by atoms with E-state index >= 15 is 0 Å². The zero-order chi connectivity index (χ0) is 11.0. The molecule has 78 valence electrons. The summed E-state index contributed by atoms with van der Waals surface area (Å²) in [7, 11) is 0. The highest BCUT2D eigenvalue weighted by molar-refractivity contribution is 5.89. The molecule has 1 heteroatoms. The van der Waals surface area contributed by atoms with Crippen molar-refractivity contribution in [2.75, 3.05) is 0 Å². The van der Waals surface area contributed by atoms with Crippen LogP contribution in [0.25, 0.3) is 0 Å². The van der Waals surface area contributed by atoms with E-state index in [-0.39, 0.29) is 5.78 Å². The molecule has 0 N–H and O–H groups in total. The fourth-order valence-corrected chi connectivity index (χ4v) is 0.996. The number of hydrogen-bond donors (Lipinski definition) is 0. The summed E-state index contributed by atoms with van der Waals surface area (Å²) >= 11 is 0. The smallest absolute Gasteiger partial charge is 0.155 e. The average Bonchev–Trinajstić information content (AvgIpc) is 2.02. The van der Waals surface area contributed by atoms with Gasteiger partial charge in [-0.2, -0.15) is 0 Å². The molecule has 0 saturated carbocycles. The normalized spacial score (nSPS) is 10.2. The third-order valence-corrected chi connectivity index (χ3v) is 1.74. The SMILES string of the molecule is C=C(C)CCCC(=O)C=CC=C(C)C. The highest BCUT2D eigenvalue weighted by atomic mass is 16.1. The first-order chi connectivity index (χ1) is 6.52. The first kappa shape index (κ1) is 12.9. The van der Waals surface area contributed by atoms with Crippen molar-refractivity contribution < 1.29 is 4.79 Å². The van der Waals surface area contributed by atoms with Crippen LogP contribution in [-0.2, 0) is 4.79 Å². The average molecular weight is 192 g/mol. The van der Waals surface area contributed by atoms with Gasteiger partial charge in [0.15, 0.2) is 5.78 Å². The lowest BCUT2D eigenvalue weighted by atomic mass is 10.1. The lowest BCUT2D eigenvalue weighted by Crippen LogP contribution is -1.91. The maximum absolute atomic E-state index is 11.3. The van der Waals surface area contributed by atoms with Crippen molar-refractivity contribution in [2.24, 2.45) is 0 Å². The predicted octanol–water partition coefficient (Wildman–Crippen LogP) is 3.82. The predicted molar refractivity (Wildman–Crippen MR) is 62.2 cm³/mol. The molecular weight excluding hydrogens is 172 g/mol. The van der Waals surface area contributed by atoms with Gasteiger partial charge in [-0.3, -0.25) is 4.79 Å². The molecule has 0 aromatic rings. The summed E-state index contributed by atoms with van der Waals surface area (Å²) in [4.78, 5) is 11.3. The third kappa shape index (κ3) is 8.98. The zero-order valence-electron chi connectivity index (χ0n) is 9.47. The van der Waals surface area contributed by atoms with Gasteiger partial charge in [0.05, 0.1) is 0 Å². The summed E-state index contributed by atoms with van der Waals surface area (Å²) in [6.07, 6.45) is 7.88. The molecule has 0 saturated heterocycles. The minimum absolute atomic E-state index is 0.198. The molecule has 0 aromatic heterocycles.